The second-order valence-corrected chi connectivity index (χ2v) is 10.1. The lowest BCUT2D eigenvalue weighted by atomic mass is 9.74. The van der Waals surface area contributed by atoms with Gasteiger partial charge in [-0.15, -0.1) is 0 Å². The van der Waals surface area contributed by atoms with Crippen LogP contribution in [0, 0.1) is 0 Å². The standard InChI is InChI=1S/C27H30ClN5O2S/c28-21-8-6-7-20(17-21)27(11-15-34-16-12-27)19-29-26(36)32-25-30-23(33-13-4-5-14-33)18-24(31-25)35-22-9-2-1-3-10-22/h1-3,6-10,17-18H,4-5,11-16,19H2,(H2,29,30,31,32,36). The number of halogens is 1. The van der Waals surface area contributed by atoms with Crippen molar-refractivity contribution < 1.29 is 9.47 Å². The summed E-state index contributed by atoms with van der Waals surface area (Å²) in [6, 6.07) is 19.6. The van der Waals surface area contributed by atoms with Gasteiger partial charge in [0.15, 0.2) is 5.11 Å². The Morgan fingerprint density at radius 1 is 1.03 bits per heavy atom. The fraction of sp³-hybridized carbons (Fsp3) is 0.370. The number of anilines is 2. The number of rotatable bonds is 7. The molecule has 36 heavy (non-hydrogen) atoms. The molecule has 2 aliphatic rings. The molecule has 1 aromatic heterocycles. The summed E-state index contributed by atoms with van der Waals surface area (Å²) in [5, 5.41) is 7.79. The molecule has 2 aliphatic heterocycles. The van der Waals surface area contributed by atoms with Gasteiger partial charge >= 0.3 is 0 Å². The van der Waals surface area contributed by atoms with Crippen molar-refractivity contribution in [1.29, 1.82) is 0 Å². The SMILES string of the molecule is S=C(NCC1(c2cccc(Cl)c2)CCOCC1)Nc1nc(Oc2ccccc2)cc(N2CCCC2)n1. The van der Waals surface area contributed by atoms with Gasteiger partial charge in [-0.25, -0.2) is 0 Å². The van der Waals surface area contributed by atoms with Gasteiger partial charge in [-0.05, 0) is 67.7 Å². The summed E-state index contributed by atoms with van der Waals surface area (Å²) in [6.45, 7) is 4.00. The number of ether oxygens (including phenoxy) is 2. The Balaban J connectivity index is 1.32. The molecule has 3 heterocycles. The Labute approximate surface area is 222 Å². The van der Waals surface area contributed by atoms with Crippen molar-refractivity contribution in [3.8, 4) is 11.6 Å². The maximum absolute atomic E-state index is 6.32. The molecule has 2 N–H and O–H groups in total. The monoisotopic (exact) mass is 523 g/mol. The van der Waals surface area contributed by atoms with Crippen molar-refractivity contribution in [2.45, 2.75) is 31.1 Å². The van der Waals surface area contributed by atoms with E-state index in [1.807, 2.05) is 54.6 Å². The highest BCUT2D eigenvalue weighted by Crippen LogP contribution is 2.35. The smallest absolute Gasteiger partial charge is 0.234 e. The summed E-state index contributed by atoms with van der Waals surface area (Å²) in [5.74, 6) is 2.44. The summed E-state index contributed by atoms with van der Waals surface area (Å²) >= 11 is 12.0. The molecule has 9 heteroatoms. The number of benzene rings is 2. The van der Waals surface area contributed by atoms with Crippen LogP contribution >= 0.6 is 23.8 Å². The molecular formula is C27H30ClN5O2S. The molecule has 188 valence electrons. The molecule has 0 spiro atoms. The van der Waals surface area contributed by atoms with E-state index in [1.54, 1.807) is 0 Å². The van der Waals surface area contributed by atoms with Gasteiger partial charge in [-0.1, -0.05) is 41.9 Å². The van der Waals surface area contributed by atoms with Gasteiger partial charge in [0.1, 0.15) is 11.6 Å². The highest BCUT2D eigenvalue weighted by atomic mass is 35.5. The molecule has 3 aromatic rings. The maximum atomic E-state index is 6.32. The first-order chi connectivity index (χ1) is 17.6. The van der Waals surface area contributed by atoms with E-state index in [0.717, 1.165) is 55.4 Å². The topological polar surface area (TPSA) is 71.5 Å². The van der Waals surface area contributed by atoms with Gasteiger partial charge in [0.25, 0.3) is 0 Å². The van der Waals surface area contributed by atoms with Crippen molar-refractivity contribution in [2.75, 3.05) is 43.1 Å². The van der Waals surface area contributed by atoms with Gasteiger partial charge in [0.2, 0.25) is 11.8 Å². The van der Waals surface area contributed by atoms with Crippen molar-refractivity contribution in [1.82, 2.24) is 15.3 Å². The predicted molar refractivity (Wildman–Crippen MR) is 147 cm³/mol. The van der Waals surface area contributed by atoms with Crippen LogP contribution in [0.25, 0.3) is 0 Å². The molecule has 7 nitrogen and oxygen atoms in total. The number of hydrogen-bond donors (Lipinski definition) is 2. The fourth-order valence-corrected chi connectivity index (χ4v) is 5.14. The second kappa shape index (κ2) is 11.4. The minimum absolute atomic E-state index is 0.116. The van der Waals surface area contributed by atoms with Crippen LogP contribution in [0.4, 0.5) is 11.8 Å². The van der Waals surface area contributed by atoms with Gasteiger partial charge in [-0.2, -0.15) is 9.97 Å². The third-order valence-electron chi connectivity index (χ3n) is 6.78. The van der Waals surface area contributed by atoms with Crippen LogP contribution in [0.5, 0.6) is 11.6 Å². The van der Waals surface area contributed by atoms with E-state index >= 15 is 0 Å². The molecule has 0 aliphatic carbocycles. The van der Waals surface area contributed by atoms with Gasteiger partial charge < -0.3 is 25.0 Å². The van der Waals surface area contributed by atoms with Crippen LogP contribution in [0.1, 0.15) is 31.2 Å². The number of hydrogen-bond acceptors (Lipinski definition) is 6. The van der Waals surface area contributed by atoms with Gasteiger partial charge in [0, 0.05) is 49.4 Å². The number of nitrogens with one attached hydrogen (secondary N) is 2. The maximum Gasteiger partial charge on any atom is 0.234 e. The third kappa shape index (κ3) is 6.06. The number of nitrogens with zero attached hydrogens (tertiary/aromatic N) is 3. The van der Waals surface area contributed by atoms with Crippen LogP contribution < -0.4 is 20.3 Å². The average molecular weight is 524 g/mol. The van der Waals surface area contributed by atoms with E-state index < -0.39 is 0 Å². The van der Waals surface area contributed by atoms with Crippen LogP contribution in [-0.2, 0) is 10.2 Å². The Hall–Kier alpha value is -2.94. The molecule has 0 saturated carbocycles. The van der Waals surface area contributed by atoms with E-state index in [2.05, 4.69) is 26.6 Å². The first kappa shape index (κ1) is 24.7. The zero-order valence-electron chi connectivity index (χ0n) is 20.1. The van der Waals surface area contributed by atoms with Crippen LogP contribution in [0.3, 0.4) is 0 Å². The lowest BCUT2D eigenvalue weighted by Gasteiger charge is -2.38. The van der Waals surface area contributed by atoms with Crippen LogP contribution in [0.2, 0.25) is 5.02 Å². The van der Waals surface area contributed by atoms with Gasteiger partial charge in [-0.3, -0.25) is 0 Å². The predicted octanol–water partition coefficient (Wildman–Crippen LogP) is 5.56. The summed E-state index contributed by atoms with van der Waals surface area (Å²) in [6.07, 6.45) is 4.08. The lowest BCUT2D eigenvalue weighted by Crippen LogP contribution is -2.45. The summed E-state index contributed by atoms with van der Waals surface area (Å²) < 4.78 is 11.7. The highest BCUT2D eigenvalue weighted by molar-refractivity contribution is 7.80. The van der Waals surface area contributed by atoms with Crippen molar-refractivity contribution >= 4 is 40.7 Å². The zero-order chi connectivity index (χ0) is 24.8. The highest BCUT2D eigenvalue weighted by Gasteiger charge is 2.34. The van der Waals surface area contributed by atoms with Crippen LogP contribution in [0.15, 0.2) is 60.7 Å². The van der Waals surface area contributed by atoms with E-state index in [0.29, 0.717) is 36.7 Å². The molecular weight excluding hydrogens is 494 g/mol. The largest absolute Gasteiger partial charge is 0.439 e. The van der Waals surface area contributed by atoms with E-state index in [4.69, 9.17) is 38.3 Å². The molecule has 0 bridgehead atoms. The number of para-hydroxylation sites is 1. The molecule has 0 amide bonds. The Bertz CT molecular complexity index is 1180. The Morgan fingerprint density at radius 2 is 1.81 bits per heavy atom. The molecule has 0 unspecified atom stereocenters. The molecule has 2 fully saturated rings. The molecule has 2 aromatic carbocycles. The van der Waals surface area contributed by atoms with Crippen molar-refractivity contribution in [3.05, 3.63) is 71.2 Å². The minimum atomic E-state index is -0.116. The Kier molecular flexibility index (Phi) is 7.84. The summed E-state index contributed by atoms with van der Waals surface area (Å²) in [7, 11) is 0. The number of aromatic nitrogens is 2. The lowest BCUT2D eigenvalue weighted by molar-refractivity contribution is 0.0515. The average Bonchev–Trinajstić information content (AvgIpc) is 3.44. The Morgan fingerprint density at radius 3 is 2.56 bits per heavy atom. The zero-order valence-corrected chi connectivity index (χ0v) is 21.7. The van der Waals surface area contributed by atoms with E-state index in [9.17, 15) is 0 Å². The number of thiocarbonyl (C=S) groups is 1. The first-order valence-electron chi connectivity index (χ1n) is 12.4. The van der Waals surface area contributed by atoms with Crippen molar-refractivity contribution in [2.24, 2.45) is 0 Å². The van der Waals surface area contributed by atoms with E-state index in [-0.39, 0.29) is 5.41 Å². The molecule has 0 atom stereocenters. The molecule has 5 rings (SSSR count). The minimum Gasteiger partial charge on any atom is -0.439 e. The van der Waals surface area contributed by atoms with Crippen molar-refractivity contribution in [3.63, 3.8) is 0 Å². The second-order valence-electron chi connectivity index (χ2n) is 9.21. The third-order valence-corrected chi connectivity index (χ3v) is 7.27. The molecule has 2 saturated heterocycles. The first-order valence-corrected chi connectivity index (χ1v) is 13.1. The quantitative estimate of drug-likeness (QED) is 0.390. The van der Waals surface area contributed by atoms with Crippen LogP contribution in [-0.4, -0.2) is 47.9 Å². The normalized spacial score (nSPS) is 17.0. The fourth-order valence-electron chi connectivity index (χ4n) is 4.78. The van der Waals surface area contributed by atoms with Gasteiger partial charge in [0.05, 0.1) is 0 Å². The molecule has 0 radical (unpaired) electrons. The summed E-state index contributed by atoms with van der Waals surface area (Å²) in [5.41, 5.74) is 1.08. The van der Waals surface area contributed by atoms with E-state index in [1.165, 1.54) is 5.56 Å². The summed E-state index contributed by atoms with van der Waals surface area (Å²) in [4.78, 5) is 11.6.